The van der Waals surface area contributed by atoms with Crippen LogP contribution in [0.15, 0.2) is 71.3 Å². The molecule has 0 unspecified atom stereocenters. The molecule has 0 bridgehead atoms. The zero-order valence-corrected chi connectivity index (χ0v) is 18.5. The van der Waals surface area contributed by atoms with E-state index in [0.717, 1.165) is 43.4 Å². The second kappa shape index (κ2) is 10.2. The maximum absolute atomic E-state index is 12.7. The highest BCUT2D eigenvalue weighted by Gasteiger charge is 2.27. The van der Waals surface area contributed by atoms with Crippen molar-refractivity contribution in [1.29, 1.82) is 0 Å². The monoisotopic (exact) mass is 435 g/mol. The van der Waals surface area contributed by atoms with Gasteiger partial charge in [0, 0.05) is 44.0 Å². The van der Waals surface area contributed by atoms with Gasteiger partial charge < -0.3 is 24.1 Å². The molecule has 1 atom stereocenters. The number of carbonyl (C=O) groups is 1. The third-order valence-electron chi connectivity index (χ3n) is 5.87. The van der Waals surface area contributed by atoms with E-state index in [-0.39, 0.29) is 11.9 Å². The summed E-state index contributed by atoms with van der Waals surface area (Å²) in [5.74, 6) is 2.33. The quantitative estimate of drug-likeness (QED) is 0.583. The fraction of sp³-hybridized carbons (Fsp3) is 0.320. The molecule has 2 aromatic carbocycles. The second-order valence-corrected chi connectivity index (χ2v) is 7.69. The van der Waals surface area contributed by atoms with Crippen LogP contribution in [0.1, 0.15) is 22.2 Å². The summed E-state index contributed by atoms with van der Waals surface area (Å²) >= 11 is 0. The number of rotatable bonds is 8. The summed E-state index contributed by atoms with van der Waals surface area (Å²) in [6.45, 7) is 4.01. The van der Waals surface area contributed by atoms with Crippen LogP contribution in [0.5, 0.6) is 11.5 Å². The summed E-state index contributed by atoms with van der Waals surface area (Å²) in [5, 5.41) is 3.07. The number of ether oxygens (including phenoxy) is 2. The molecule has 168 valence electrons. The van der Waals surface area contributed by atoms with E-state index < -0.39 is 0 Å². The standard InChI is InChI=1S/C25H29N3O4/c1-30-21-9-5-19(6-10-21)25(29)26-18-23(24-4-3-17-32-24)28-15-13-27(14-16-28)20-7-11-22(31-2)12-8-20/h3-12,17,23H,13-16,18H2,1-2H3,(H,26,29)/t23-/m0/s1. The number of hydrogen-bond acceptors (Lipinski definition) is 6. The molecule has 7 heteroatoms. The second-order valence-electron chi connectivity index (χ2n) is 7.69. The summed E-state index contributed by atoms with van der Waals surface area (Å²) < 4.78 is 16.1. The van der Waals surface area contributed by atoms with Crippen LogP contribution in [-0.4, -0.2) is 57.8 Å². The molecule has 7 nitrogen and oxygen atoms in total. The largest absolute Gasteiger partial charge is 0.497 e. The summed E-state index contributed by atoms with van der Waals surface area (Å²) in [6, 6.07) is 19.1. The van der Waals surface area contributed by atoms with Gasteiger partial charge in [-0.3, -0.25) is 9.69 Å². The van der Waals surface area contributed by atoms with Gasteiger partial charge in [-0.1, -0.05) is 0 Å². The Labute approximate surface area is 188 Å². The lowest BCUT2D eigenvalue weighted by molar-refractivity contribution is 0.0923. The number of piperazine rings is 1. The number of furan rings is 1. The van der Waals surface area contributed by atoms with Crippen molar-refractivity contribution in [3.8, 4) is 11.5 Å². The minimum atomic E-state index is -0.110. The van der Waals surface area contributed by atoms with E-state index in [1.807, 2.05) is 24.3 Å². The molecule has 2 heterocycles. The van der Waals surface area contributed by atoms with Gasteiger partial charge in [0.05, 0.1) is 26.5 Å². The van der Waals surface area contributed by atoms with E-state index in [0.29, 0.717) is 12.1 Å². The van der Waals surface area contributed by atoms with Gasteiger partial charge in [-0.15, -0.1) is 0 Å². The normalized spacial score (nSPS) is 15.2. The van der Waals surface area contributed by atoms with Gasteiger partial charge in [0.25, 0.3) is 5.91 Å². The zero-order chi connectivity index (χ0) is 22.3. The van der Waals surface area contributed by atoms with Crippen molar-refractivity contribution in [2.24, 2.45) is 0 Å². The summed E-state index contributed by atoms with van der Waals surface area (Å²) in [4.78, 5) is 17.4. The average Bonchev–Trinajstić information content (AvgIpc) is 3.39. The lowest BCUT2D eigenvalue weighted by atomic mass is 10.1. The Kier molecular flexibility index (Phi) is 6.97. The molecule has 1 fully saturated rings. The molecule has 0 radical (unpaired) electrons. The molecule has 0 spiro atoms. The zero-order valence-electron chi connectivity index (χ0n) is 18.5. The number of hydrogen-bond donors (Lipinski definition) is 1. The Morgan fingerprint density at radius 1 is 0.938 bits per heavy atom. The summed E-state index contributed by atoms with van der Waals surface area (Å²) in [5.41, 5.74) is 1.79. The van der Waals surface area contributed by atoms with Crippen LogP contribution in [0.3, 0.4) is 0 Å². The molecule has 1 amide bonds. The molecule has 32 heavy (non-hydrogen) atoms. The molecule has 1 aromatic heterocycles. The van der Waals surface area contributed by atoms with Gasteiger partial charge in [0.2, 0.25) is 0 Å². The van der Waals surface area contributed by atoms with Crippen LogP contribution >= 0.6 is 0 Å². The van der Waals surface area contributed by atoms with E-state index in [4.69, 9.17) is 13.9 Å². The van der Waals surface area contributed by atoms with E-state index in [1.165, 1.54) is 5.69 Å². The highest BCUT2D eigenvalue weighted by Crippen LogP contribution is 2.25. The van der Waals surface area contributed by atoms with Gasteiger partial charge in [0.15, 0.2) is 0 Å². The average molecular weight is 436 g/mol. The Morgan fingerprint density at radius 2 is 1.56 bits per heavy atom. The number of methoxy groups -OCH3 is 2. The smallest absolute Gasteiger partial charge is 0.251 e. The summed E-state index contributed by atoms with van der Waals surface area (Å²) in [6.07, 6.45) is 1.68. The number of carbonyl (C=O) groups excluding carboxylic acids is 1. The first-order valence-corrected chi connectivity index (χ1v) is 10.8. The van der Waals surface area contributed by atoms with Crippen molar-refractivity contribution < 1.29 is 18.7 Å². The predicted octanol–water partition coefficient (Wildman–Crippen LogP) is 3.59. The third-order valence-corrected chi connectivity index (χ3v) is 5.87. The fourth-order valence-electron chi connectivity index (χ4n) is 4.01. The molecule has 1 aliphatic heterocycles. The lowest BCUT2D eigenvalue weighted by Crippen LogP contribution is -2.49. The predicted molar refractivity (Wildman–Crippen MR) is 124 cm³/mol. The molecule has 1 saturated heterocycles. The van der Waals surface area contributed by atoms with Crippen LogP contribution in [0.25, 0.3) is 0 Å². The third kappa shape index (κ3) is 5.06. The van der Waals surface area contributed by atoms with Crippen molar-refractivity contribution in [3.05, 3.63) is 78.3 Å². The Hall–Kier alpha value is -3.45. The first-order chi connectivity index (χ1) is 15.7. The van der Waals surface area contributed by atoms with Crippen molar-refractivity contribution in [3.63, 3.8) is 0 Å². The van der Waals surface area contributed by atoms with E-state index >= 15 is 0 Å². The minimum absolute atomic E-state index is 0.0229. The Balaban J connectivity index is 1.38. The van der Waals surface area contributed by atoms with Crippen LogP contribution in [0, 0.1) is 0 Å². The summed E-state index contributed by atoms with van der Waals surface area (Å²) in [7, 11) is 3.29. The Bertz CT molecular complexity index is 979. The first kappa shape index (κ1) is 21.8. The molecule has 0 saturated carbocycles. The number of nitrogens with zero attached hydrogens (tertiary/aromatic N) is 2. The lowest BCUT2D eigenvalue weighted by Gasteiger charge is -2.39. The number of nitrogens with one attached hydrogen (secondary N) is 1. The maximum atomic E-state index is 12.7. The van der Waals surface area contributed by atoms with Crippen LogP contribution < -0.4 is 19.7 Å². The van der Waals surface area contributed by atoms with Gasteiger partial charge in [-0.05, 0) is 60.7 Å². The van der Waals surface area contributed by atoms with Gasteiger partial charge in [-0.25, -0.2) is 0 Å². The van der Waals surface area contributed by atoms with Gasteiger partial charge >= 0.3 is 0 Å². The Morgan fingerprint density at radius 3 is 2.12 bits per heavy atom. The van der Waals surface area contributed by atoms with Gasteiger partial charge in [0.1, 0.15) is 17.3 Å². The highest BCUT2D eigenvalue weighted by molar-refractivity contribution is 5.94. The molecule has 1 N–H and O–H groups in total. The molecule has 3 aromatic rings. The van der Waals surface area contributed by atoms with Crippen LogP contribution in [0.4, 0.5) is 5.69 Å². The molecule has 4 rings (SSSR count). The molecular formula is C25H29N3O4. The SMILES string of the molecule is COc1ccc(C(=O)NC[C@@H](c2ccco2)N2CCN(c3ccc(OC)cc3)CC2)cc1. The minimum Gasteiger partial charge on any atom is -0.497 e. The van der Waals surface area contributed by atoms with E-state index in [9.17, 15) is 4.79 Å². The van der Waals surface area contributed by atoms with Gasteiger partial charge in [-0.2, -0.15) is 0 Å². The van der Waals surface area contributed by atoms with Crippen molar-refractivity contribution >= 4 is 11.6 Å². The van der Waals surface area contributed by atoms with Crippen molar-refractivity contribution in [2.75, 3.05) is 51.8 Å². The molecular weight excluding hydrogens is 406 g/mol. The van der Waals surface area contributed by atoms with Crippen LogP contribution in [-0.2, 0) is 0 Å². The fourth-order valence-corrected chi connectivity index (χ4v) is 4.01. The van der Waals surface area contributed by atoms with Crippen LogP contribution in [0.2, 0.25) is 0 Å². The topological polar surface area (TPSA) is 67.2 Å². The number of amides is 1. The highest BCUT2D eigenvalue weighted by atomic mass is 16.5. The maximum Gasteiger partial charge on any atom is 0.251 e. The molecule has 1 aliphatic rings. The first-order valence-electron chi connectivity index (χ1n) is 10.8. The number of benzene rings is 2. The van der Waals surface area contributed by atoms with E-state index in [1.54, 1.807) is 44.7 Å². The number of anilines is 1. The van der Waals surface area contributed by atoms with Crippen molar-refractivity contribution in [2.45, 2.75) is 6.04 Å². The van der Waals surface area contributed by atoms with Crippen molar-refractivity contribution in [1.82, 2.24) is 10.2 Å². The molecule has 0 aliphatic carbocycles. The van der Waals surface area contributed by atoms with E-state index in [2.05, 4.69) is 27.2 Å².